The maximum Gasteiger partial charge on any atom is 0.337 e. The van der Waals surface area contributed by atoms with E-state index in [1.165, 1.54) is 6.07 Å². The summed E-state index contributed by atoms with van der Waals surface area (Å²) in [5, 5.41) is 9.04. The molecule has 1 aliphatic heterocycles. The zero-order valence-electron chi connectivity index (χ0n) is 8.85. The Labute approximate surface area is 93.5 Å². The molecule has 0 atom stereocenters. The monoisotopic (exact) mass is 219 g/mol. The normalized spacial score (nSPS) is 16.2. The molecule has 0 saturated carbocycles. The predicted octanol–water partition coefficient (Wildman–Crippen LogP) is 1.90. The summed E-state index contributed by atoms with van der Waals surface area (Å²) in [6.45, 7) is 0.614. The van der Waals surface area contributed by atoms with Crippen LogP contribution in [0.15, 0.2) is 24.3 Å². The molecule has 16 heavy (non-hydrogen) atoms. The molecule has 1 aliphatic rings. The Balaban J connectivity index is 2.38. The molecule has 0 aromatic heterocycles. The summed E-state index contributed by atoms with van der Waals surface area (Å²) >= 11 is 0. The Hall–Kier alpha value is -1.84. The van der Waals surface area contributed by atoms with Crippen LogP contribution >= 0.6 is 0 Å². The van der Waals surface area contributed by atoms with Crippen LogP contribution in [0.25, 0.3) is 0 Å². The van der Waals surface area contributed by atoms with Crippen molar-refractivity contribution in [2.24, 2.45) is 0 Å². The van der Waals surface area contributed by atoms with Gasteiger partial charge in [-0.25, -0.2) is 4.79 Å². The first-order valence-electron chi connectivity index (χ1n) is 5.33. The summed E-state index contributed by atoms with van der Waals surface area (Å²) < 4.78 is 0. The first-order chi connectivity index (χ1) is 7.70. The molecule has 4 nitrogen and oxygen atoms in total. The van der Waals surface area contributed by atoms with Gasteiger partial charge in [0.15, 0.2) is 0 Å². The van der Waals surface area contributed by atoms with E-state index in [4.69, 9.17) is 5.11 Å². The molecule has 1 aromatic carbocycles. The number of carbonyl (C=O) groups is 2. The van der Waals surface area contributed by atoms with Gasteiger partial charge in [-0.2, -0.15) is 0 Å². The molecule has 0 radical (unpaired) electrons. The van der Waals surface area contributed by atoms with Crippen molar-refractivity contribution in [2.75, 3.05) is 11.4 Å². The van der Waals surface area contributed by atoms with Crippen LogP contribution in [0.2, 0.25) is 0 Å². The van der Waals surface area contributed by atoms with Gasteiger partial charge in [-0.05, 0) is 25.0 Å². The fraction of sp³-hybridized carbons (Fsp3) is 0.333. The summed E-state index contributed by atoms with van der Waals surface area (Å²) in [4.78, 5) is 24.3. The lowest BCUT2D eigenvalue weighted by atomic mass is 10.1. The molecule has 1 aromatic rings. The number of rotatable bonds is 2. The summed E-state index contributed by atoms with van der Waals surface area (Å²) in [6.07, 6.45) is 2.33. The number of benzene rings is 1. The van der Waals surface area contributed by atoms with E-state index in [9.17, 15) is 9.59 Å². The number of hydrogen-bond donors (Lipinski definition) is 1. The topological polar surface area (TPSA) is 57.6 Å². The van der Waals surface area contributed by atoms with Gasteiger partial charge in [0.25, 0.3) is 0 Å². The largest absolute Gasteiger partial charge is 0.478 e. The third-order valence-electron chi connectivity index (χ3n) is 2.75. The van der Waals surface area contributed by atoms with E-state index in [2.05, 4.69) is 0 Å². The summed E-state index contributed by atoms with van der Waals surface area (Å²) in [6, 6.07) is 6.64. The molecule has 1 saturated heterocycles. The molecule has 1 heterocycles. The number of piperidine rings is 1. The lowest BCUT2D eigenvalue weighted by Gasteiger charge is -2.27. The van der Waals surface area contributed by atoms with Gasteiger partial charge in [-0.15, -0.1) is 0 Å². The number of carboxylic acids is 1. The van der Waals surface area contributed by atoms with E-state index in [-0.39, 0.29) is 11.5 Å². The Bertz CT molecular complexity index is 428. The maximum absolute atomic E-state index is 11.7. The highest BCUT2D eigenvalue weighted by Crippen LogP contribution is 2.24. The minimum absolute atomic E-state index is 0.0138. The average molecular weight is 219 g/mol. The average Bonchev–Trinajstić information content (AvgIpc) is 2.29. The summed E-state index contributed by atoms with van der Waals surface area (Å²) in [7, 11) is 0. The fourth-order valence-corrected chi connectivity index (χ4v) is 1.95. The third-order valence-corrected chi connectivity index (χ3v) is 2.75. The van der Waals surface area contributed by atoms with Crippen LogP contribution in [-0.4, -0.2) is 23.5 Å². The van der Waals surface area contributed by atoms with E-state index >= 15 is 0 Å². The SMILES string of the molecule is O=C(O)c1ccccc1N1CCCCC1=O. The van der Waals surface area contributed by atoms with E-state index in [1.54, 1.807) is 23.1 Å². The van der Waals surface area contributed by atoms with Crippen LogP contribution in [0, 0.1) is 0 Å². The summed E-state index contributed by atoms with van der Waals surface area (Å²) in [5.41, 5.74) is 0.706. The molecule has 0 unspecified atom stereocenters. The molecule has 84 valence electrons. The van der Waals surface area contributed by atoms with Crippen molar-refractivity contribution in [2.45, 2.75) is 19.3 Å². The van der Waals surface area contributed by atoms with Crippen LogP contribution in [0.5, 0.6) is 0 Å². The van der Waals surface area contributed by atoms with Crippen LogP contribution < -0.4 is 4.90 Å². The van der Waals surface area contributed by atoms with Gasteiger partial charge in [0.1, 0.15) is 0 Å². The van der Waals surface area contributed by atoms with Crippen molar-refractivity contribution in [3.05, 3.63) is 29.8 Å². The molecule has 0 spiro atoms. The molecule has 1 amide bonds. The highest BCUT2D eigenvalue weighted by atomic mass is 16.4. The molecule has 1 N–H and O–H groups in total. The molecular weight excluding hydrogens is 206 g/mol. The Morgan fingerprint density at radius 3 is 2.69 bits per heavy atom. The van der Waals surface area contributed by atoms with E-state index in [1.807, 2.05) is 0 Å². The number of anilines is 1. The minimum Gasteiger partial charge on any atom is -0.478 e. The molecule has 4 heteroatoms. The Kier molecular flexibility index (Phi) is 2.90. The molecule has 0 aliphatic carbocycles. The number of aromatic carboxylic acids is 1. The van der Waals surface area contributed by atoms with Gasteiger partial charge in [-0.1, -0.05) is 12.1 Å². The zero-order valence-corrected chi connectivity index (χ0v) is 8.85. The lowest BCUT2D eigenvalue weighted by Crippen LogP contribution is -2.36. The van der Waals surface area contributed by atoms with Gasteiger partial charge >= 0.3 is 5.97 Å². The number of hydrogen-bond acceptors (Lipinski definition) is 2. The van der Waals surface area contributed by atoms with Crippen molar-refractivity contribution in [1.82, 2.24) is 0 Å². The van der Waals surface area contributed by atoms with Gasteiger partial charge < -0.3 is 10.0 Å². The van der Waals surface area contributed by atoms with Crippen molar-refractivity contribution in [3.8, 4) is 0 Å². The van der Waals surface area contributed by atoms with Crippen LogP contribution in [-0.2, 0) is 4.79 Å². The van der Waals surface area contributed by atoms with Crippen LogP contribution in [0.3, 0.4) is 0 Å². The third kappa shape index (κ3) is 1.91. The number of carbonyl (C=O) groups excluding carboxylic acids is 1. The fourth-order valence-electron chi connectivity index (χ4n) is 1.95. The lowest BCUT2D eigenvalue weighted by molar-refractivity contribution is -0.119. The first-order valence-corrected chi connectivity index (χ1v) is 5.33. The second-order valence-electron chi connectivity index (χ2n) is 3.82. The predicted molar refractivity (Wildman–Crippen MR) is 59.6 cm³/mol. The Morgan fingerprint density at radius 1 is 1.25 bits per heavy atom. The van der Waals surface area contributed by atoms with Crippen molar-refractivity contribution in [1.29, 1.82) is 0 Å². The first kappa shape index (κ1) is 10.7. The van der Waals surface area contributed by atoms with E-state index < -0.39 is 5.97 Å². The summed E-state index contributed by atoms with van der Waals surface area (Å²) in [5.74, 6) is -0.978. The second kappa shape index (κ2) is 4.35. The number of para-hydroxylation sites is 1. The van der Waals surface area contributed by atoms with Crippen molar-refractivity contribution >= 4 is 17.6 Å². The number of nitrogens with zero attached hydrogens (tertiary/aromatic N) is 1. The molecule has 0 bridgehead atoms. The van der Waals surface area contributed by atoms with Crippen LogP contribution in [0.1, 0.15) is 29.6 Å². The quantitative estimate of drug-likeness (QED) is 0.826. The highest BCUT2D eigenvalue weighted by Gasteiger charge is 2.23. The Morgan fingerprint density at radius 2 is 2.00 bits per heavy atom. The number of amides is 1. The van der Waals surface area contributed by atoms with Gasteiger partial charge in [-0.3, -0.25) is 4.79 Å². The molecule has 2 rings (SSSR count). The number of carboxylic acid groups (broad SMARTS) is 1. The smallest absolute Gasteiger partial charge is 0.337 e. The van der Waals surface area contributed by atoms with Gasteiger partial charge in [0.05, 0.1) is 11.3 Å². The molecular formula is C12H13NO3. The standard InChI is InChI=1S/C12H13NO3/c14-11-7-3-4-8-13(11)10-6-2-1-5-9(10)12(15)16/h1-2,5-6H,3-4,7-8H2,(H,15,16). The highest BCUT2D eigenvalue weighted by molar-refractivity contribution is 6.02. The van der Waals surface area contributed by atoms with Gasteiger partial charge in [0, 0.05) is 13.0 Å². The molecule has 1 fully saturated rings. The van der Waals surface area contributed by atoms with E-state index in [0.29, 0.717) is 18.7 Å². The van der Waals surface area contributed by atoms with Crippen LogP contribution in [0.4, 0.5) is 5.69 Å². The maximum atomic E-state index is 11.7. The zero-order chi connectivity index (χ0) is 11.5. The van der Waals surface area contributed by atoms with E-state index in [0.717, 1.165) is 12.8 Å². The second-order valence-corrected chi connectivity index (χ2v) is 3.82. The van der Waals surface area contributed by atoms with Crippen molar-refractivity contribution in [3.63, 3.8) is 0 Å². The van der Waals surface area contributed by atoms with Crippen molar-refractivity contribution < 1.29 is 14.7 Å². The van der Waals surface area contributed by atoms with Gasteiger partial charge in [0.2, 0.25) is 5.91 Å². The minimum atomic E-state index is -0.992.